The summed E-state index contributed by atoms with van der Waals surface area (Å²) in [7, 11) is 0. The van der Waals surface area contributed by atoms with Crippen molar-refractivity contribution in [2.75, 3.05) is 13.2 Å². The van der Waals surface area contributed by atoms with Crippen molar-refractivity contribution >= 4 is 17.4 Å². The third-order valence-electron chi connectivity index (χ3n) is 3.59. The van der Waals surface area contributed by atoms with E-state index in [9.17, 15) is 4.55 Å². The standard InChI is InChI=1S/C17H20N4O2S/c18-17-15-11-14(20-24(22)21-17)7-4-8-16(15)19-9-10-23-12-13-5-2-1-3-6-13/h1-8,11,14,19-20H,9-10,12H2,(H2,18,21). The van der Waals surface area contributed by atoms with Gasteiger partial charge in [-0.25, -0.2) is 0 Å². The van der Waals surface area contributed by atoms with Crippen LogP contribution in [-0.2, 0) is 22.9 Å². The molecular formula is C17H20N4O2S. The maximum absolute atomic E-state index is 11.7. The quantitative estimate of drug-likeness (QED) is 0.530. The van der Waals surface area contributed by atoms with E-state index in [1.165, 1.54) is 0 Å². The third kappa shape index (κ3) is 4.48. The fourth-order valence-electron chi connectivity index (χ4n) is 2.44. The van der Waals surface area contributed by atoms with Crippen molar-refractivity contribution in [2.24, 2.45) is 10.1 Å². The number of nitrogens with zero attached hydrogens (tertiary/aromatic N) is 1. The van der Waals surface area contributed by atoms with Crippen molar-refractivity contribution in [1.29, 1.82) is 0 Å². The predicted molar refractivity (Wildman–Crippen MR) is 96.1 cm³/mol. The molecule has 1 aromatic rings. The lowest BCUT2D eigenvalue weighted by atomic mass is 10.1. The molecule has 0 fully saturated rings. The fraction of sp³-hybridized carbons (Fsp3) is 0.235. The highest BCUT2D eigenvalue weighted by atomic mass is 32.2. The van der Waals surface area contributed by atoms with Crippen LogP contribution in [0.2, 0.25) is 0 Å². The number of hydrogen-bond acceptors (Lipinski definition) is 6. The van der Waals surface area contributed by atoms with Crippen LogP contribution in [0.25, 0.3) is 0 Å². The summed E-state index contributed by atoms with van der Waals surface area (Å²) in [6.45, 7) is 1.78. The maximum Gasteiger partial charge on any atom is 0.194 e. The van der Waals surface area contributed by atoms with E-state index in [2.05, 4.69) is 14.4 Å². The van der Waals surface area contributed by atoms with Crippen LogP contribution >= 0.6 is 0 Å². The summed E-state index contributed by atoms with van der Waals surface area (Å²) in [5, 5.41) is 3.31. The van der Waals surface area contributed by atoms with E-state index in [0.29, 0.717) is 19.8 Å². The Morgan fingerprint density at radius 1 is 1.33 bits per heavy atom. The van der Waals surface area contributed by atoms with Crippen molar-refractivity contribution in [3.05, 3.63) is 71.5 Å². The van der Waals surface area contributed by atoms with Crippen LogP contribution in [0.15, 0.2) is 70.3 Å². The lowest BCUT2D eigenvalue weighted by Crippen LogP contribution is -2.29. The molecule has 4 N–H and O–H groups in total. The highest BCUT2D eigenvalue weighted by Gasteiger charge is 2.23. The Balaban J connectivity index is 1.53. The largest absolute Gasteiger partial charge is 0.572 e. The zero-order chi connectivity index (χ0) is 16.8. The van der Waals surface area contributed by atoms with Crippen molar-refractivity contribution in [3.63, 3.8) is 0 Å². The lowest BCUT2D eigenvalue weighted by Gasteiger charge is -2.13. The molecule has 0 saturated carbocycles. The monoisotopic (exact) mass is 344 g/mol. The number of benzene rings is 1. The molecular weight excluding hydrogens is 324 g/mol. The topological polar surface area (TPSA) is 94.7 Å². The van der Waals surface area contributed by atoms with Gasteiger partial charge in [0, 0.05) is 17.8 Å². The molecule has 3 rings (SSSR count). The Hall–Kier alpha value is -2.06. The van der Waals surface area contributed by atoms with Crippen LogP contribution in [0, 0.1) is 0 Å². The number of nitrogens with two attached hydrogens (primary N) is 1. The molecule has 2 aliphatic rings. The molecule has 0 radical (unpaired) electrons. The van der Waals surface area contributed by atoms with Gasteiger partial charge in [-0.05, 0) is 22.1 Å². The van der Waals surface area contributed by atoms with Crippen molar-refractivity contribution in [1.82, 2.24) is 10.0 Å². The second-order valence-electron chi connectivity index (χ2n) is 5.38. The number of fused-ring (bicyclic) bond motifs is 1. The van der Waals surface area contributed by atoms with Crippen LogP contribution in [-0.4, -0.2) is 29.6 Å². The molecule has 0 aromatic heterocycles. The second kappa shape index (κ2) is 8.16. The molecule has 0 amide bonds. The average Bonchev–Trinajstić information content (AvgIpc) is 2.85. The van der Waals surface area contributed by atoms with Gasteiger partial charge in [0.15, 0.2) is 17.4 Å². The number of amidine groups is 1. The Bertz CT molecular complexity index is 685. The molecule has 1 aromatic carbocycles. The lowest BCUT2D eigenvalue weighted by molar-refractivity contribution is 0.124. The molecule has 1 heterocycles. The summed E-state index contributed by atoms with van der Waals surface area (Å²) < 4.78 is 24.1. The van der Waals surface area contributed by atoms with E-state index < -0.39 is 11.5 Å². The average molecular weight is 344 g/mol. The zero-order valence-electron chi connectivity index (χ0n) is 13.1. The number of hydrogen-bond donors (Lipinski definition) is 3. The van der Waals surface area contributed by atoms with Crippen LogP contribution in [0.5, 0.6) is 0 Å². The number of rotatable bonds is 6. The molecule has 7 heteroatoms. The first kappa shape index (κ1) is 16.8. The van der Waals surface area contributed by atoms with E-state index >= 15 is 0 Å². The van der Waals surface area contributed by atoms with Crippen molar-refractivity contribution < 1.29 is 9.29 Å². The van der Waals surface area contributed by atoms with Gasteiger partial charge >= 0.3 is 0 Å². The van der Waals surface area contributed by atoms with E-state index in [4.69, 9.17) is 10.5 Å². The van der Waals surface area contributed by atoms with Gasteiger partial charge < -0.3 is 20.3 Å². The summed E-state index contributed by atoms with van der Waals surface area (Å²) >= 11 is -1.52. The fourth-order valence-corrected chi connectivity index (χ4v) is 3.15. The molecule has 126 valence electrons. The normalized spacial score (nSPS) is 22.8. The molecule has 24 heavy (non-hydrogen) atoms. The third-order valence-corrected chi connectivity index (χ3v) is 4.42. The SMILES string of the molecule is NC1=N[S+]([O-])NC2C=CC=C(NCCOCc3ccccc3)C1=C2. The van der Waals surface area contributed by atoms with Gasteiger partial charge in [0.1, 0.15) is 0 Å². The Morgan fingerprint density at radius 2 is 2.17 bits per heavy atom. The van der Waals surface area contributed by atoms with Gasteiger partial charge in [0.05, 0.1) is 19.3 Å². The summed E-state index contributed by atoms with van der Waals surface area (Å²) in [4.78, 5) is 0. The second-order valence-corrected chi connectivity index (χ2v) is 6.30. The maximum atomic E-state index is 11.7. The van der Waals surface area contributed by atoms with Gasteiger partial charge in [0.25, 0.3) is 0 Å². The predicted octanol–water partition coefficient (Wildman–Crippen LogP) is 1.08. The molecule has 0 saturated heterocycles. The van der Waals surface area contributed by atoms with Crippen LogP contribution < -0.4 is 15.8 Å². The number of nitrogens with one attached hydrogen (secondary N) is 2. The number of ether oxygens (including phenoxy) is 1. The Kier molecular flexibility index (Phi) is 5.71. The zero-order valence-corrected chi connectivity index (χ0v) is 14.0. The summed E-state index contributed by atoms with van der Waals surface area (Å²) in [6.07, 6.45) is 7.66. The van der Waals surface area contributed by atoms with E-state index in [1.54, 1.807) is 0 Å². The highest BCUT2D eigenvalue weighted by Crippen LogP contribution is 2.17. The molecule has 1 aliphatic carbocycles. The van der Waals surface area contributed by atoms with Gasteiger partial charge in [-0.1, -0.05) is 42.5 Å². The Morgan fingerprint density at radius 3 is 3.00 bits per heavy atom. The van der Waals surface area contributed by atoms with Gasteiger partial charge in [-0.15, -0.1) is 4.72 Å². The van der Waals surface area contributed by atoms with Gasteiger partial charge in [0.2, 0.25) is 0 Å². The molecule has 2 unspecified atom stereocenters. The minimum Gasteiger partial charge on any atom is -0.572 e. The minimum atomic E-state index is -1.52. The minimum absolute atomic E-state index is 0.157. The smallest absolute Gasteiger partial charge is 0.194 e. The van der Waals surface area contributed by atoms with Gasteiger partial charge in [-0.3, -0.25) is 0 Å². The summed E-state index contributed by atoms with van der Waals surface area (Å²) in [5.41, 5.74) is 8.70. The molecule has 0 spiro atoms. The van der Waals surface area contributed by atoms with E-state index in [1.807, 2.05) is 54.6 Å². The van der Waals surface area contributed by atoms with Crippen LogP contribution in [0.3, 0.4) is 0 Å². The van der Waals surface area contributed by atoms with Crippen molar-refractivity contribution in [2.45, 2.75) is 12.6 Å². The first-order chi connectivity index (χ1) is 11.7. The first-order valence-electron chi connectivity index (χ1n) is 7.71. The molecule has 2 bridgehead atoms. The summed E-state index contributed by atoms with van der Waals surface area (Å²) in [5.74, 6) is 0.260. The van der Waals surface area contributed by atoms with Crippen LogP contribution in [0.4, 0.5) is 0 Å². The molecule has 1 aliphatic heterocycles. The van der Waals surface area contributed by atoms with E-state index in [-0.39, 0.29) is 11.9 Å². The highest BCUT2D eigenvalue weighted by molar-refractivity contribution is 7.88. The first-order valence-corrected chi connectivity index (χ1v) is 8.82. The van der Waals surface area contributed by atoms with Crippen molar-refractivity contribution in [3.8, 4) is 0 Å². The summed E-state index contributed by atoms with van der Waals surface area (Å²) in [6, 6.07) is 9.89. The molecule has 2 atom stereocenters. The van der Waals surface area contributed by atoms with E-state index in [0.717, 1.165) is 16.8 Å². The molecule has 6 nitrogen and oxygen atoms in total. The number of allylic oxidation sites excluding steroid dienone is 2. The van der Waals surface area contributed by atoms with Gasteiger partial charge in [-0.2, -0.15) is 0 Å². The Labute approximate surface area is 144 Å². The van der Waals surface area contributed by atoms with Crippen LogP contribution in [0.1, 0.15) is 5.56 Å².